The standard InChI is InChI=1S/C20H24N2O4/c1-4-13-21-20(24)15-9-11-16(12-10-15)22-19(23)14(2)26-18-8-6-5-7-17(18)25-3/h5-12,14H,4,13H2,1-3H3,(H,21,24)(H,22,23). The smallest absolute Gasteiger partial charge is 0.265 e. The van der Waals surface area contributed by atoms with Crippen LogP contribution in [-0.2, 0) is 4.79 Å². The maximum Gasteiger partial charge on any atom is 0.265 e. The van der Waals surface area contributed by atoms with Gasteiger partial charge in [0, 0.05) is 17.8 Å². The zero-order valence-electron chi connectivity index (χ0n) is 15.2. The number of nitrogens with one attached hydrogen (secondary N) is 2. The van der Waals surface area contributed by atoms with Gasteiger partial charge in [-0.1, -0.05) is 19.1 Å². The third-order valence-electron chi connectivity index (χ3n) is 3.69. The number of carbonyl (C=O) groups is 2. The minimum atomic E-state index is -0.709. The molecule has 0 fully saturated rings. The lowest BCUT2D eigenvalue weighted by molar-refractivity contribution is -0.122. The lowest BCUT2D eigenvalue weighted by atomic mass is 10.2. The van der Waals surface area contributed by atoms with Crippen molar-refractivity contribution in [3.63, 3.8) is 0 Å². The van der Waals surface area contributed by atoms with Gasteiger partial charge in [-0.25, -0.2) is 0 Å². The quantitative estimate of drug-likeness (QED) is 0.761. The number of para-hydroxylation sites is 2. The summed E-state index contributed by atoms with van der Waals surface area (Å²) in [5.41, 5.74) is 1.15. The molecule has 0 aliphatic carbocycles. The van der Waals surface area contributed by atoms with E-state index in [1.165, 1.54) is 0 Å². The second-order valence-corrected chi connectivity index (χ2v) is 5.73. The third kappa shape index (κ3) is 5.24. The van der Waals surface area contributed by atoms with Crippen molar-refractivity contribution in [3.8, 4) is 11.5 Å². The average Bonchev–Trinajstić information content (AvgIpc) is 2.67. The SMILES string of the molecule is CCCNC(=O)c1ccc(NC(=O)C(C)Oc2ccccc2OC)cc1. The lowest BCUT2D eigenvalue weighted by Crippen LogP contribution is -2.30. The average molecular weight is 356 g/mol. The van der Waals surface area contributed by atoms with Crippen LogP contribution in [0.2, 0.25) is 0 Å². The van der Waals surface area contributed by atoms with Crippen LogP contribution < -0.4 is 20.1 Å². The Hall–Kier alpha value is -3.02. The van der Waals surface area contributed by atoms with Gasteiger partial charge in [0.15, 0.2) is 17.6 Å². The summed E-state index contributed by atoms with van der Waals surface area (Å²) in [6, 6.07) is 13.9. The Morgan fingerprint density at radius 2 is 1.69 bits per heavy atom. The molecule has 0 saturated heterocycles. The minimum Gasteiger partial charge on any atom is -0.493 e. The molecular formula is C20H24N2O4. The summed E-state index contributed by atoms with van der Waals surface area (Å²) in [7, 11) is 1.55. The van der Waals surface area contributed by atoms with E-state index >= 15 is 0 Å². The van der Waals surface area contributed by atoms with Crippen LogP contribution >= 0.6 is 0 Å². The van der Waals surface area contributed by atoms with E-state index < -0.39 is 6.10 Å². The molecule has 0 spiro atoms. The highest BCUT2D eigenvalue weighted by atomic mass is 16.5. The van der Waals surface area contributed by atoms with Crippen molar-refractivity contribution >= 4 is 17.5 Å². The third-order valence-corrected chi connectivity index (χ3v) is 3.69. The van der Waals surface area contributed by atoms with Crippen LogP contribution in [-0.4, -0.2) is 31.6 Å². The second-order valence-electron chi connectivity index (χ2n) is 5.73. The van der Waals surface area contributed by atoms with Gasteiger partial charge in [-0.05, 0) is 49.7 Å². The zero-order chi connectivity index (χ0) is 18.9. The first kappa shape index (κ1) is 19.3. The number of hydrogen-bond donors (Lipinski definition) is 2. The molecule has 2 aromatic rings. The Labute approximate surface area is 153 Å². The van der Waals surface area contributed by atoms with Gasteiger partial charge in [-0.3, -0.25) is 9.59 Å². The van der Waals surface area contributed by atoms with Gasteiger partial charge in [0.05, 0.1) is 7.11 Å². The summed E-state index contributed by atoms with van der Waals surface area (Å²) in [5, 5.41) is 5.58. The molecule has 138 valence electrons. The Kier molecular flexibility index (Phi) is 7.02. The van der Waals surface area contributed by atoms with Crippen molar-refractivity contribution in [2.24, 2.45) is 0 Å². The van der Waals surface area contributed by atoms with E-state index in [0.717, 1.165) is 6.42 Å². The Morgan fingerprint density at radius 3 is 2.31 bits per heavy atom. The van der Waals surface area contributed by atoms with Crippen LogP contribution in [0.15, 0.2) is 48.5 Å². The molecule has 0 aromatic heterocycles. The van der Waals surface area contributed by atoms with E-state index in [4.69, 9.17) is 9.47 Å². The number of rotatable bonds is 8. The van der Waals surface area contributed by atoms with Crippen LogP contribution in [0.1, 0.15) is 30.6 Å². The molecule has 6 nitrogen and oxygen atoms in total. The summed E-state index contributed by atoms with van der Waals surface area (Å²) < 4.78 is 10.9. The minimum absolute atomic E-state index is 0.127. The molecule has 26 heavy (non-hydrogen) atoms. The molecule has 2 rings (SSSR count). The number of benzene rings is 2. The van der Waals surface area contributed by atoms with Gasteiger partial charge in [0.2, 0.25) is 0 Å². The number of hydrogen-bond acceptors (Lipinski definition) is 4. The summed E-state index contributed by atoms with van der Waals surface area (Å²) in [5.74, 6) is 0.645. The van der Waals surface area contributed by atoms with Crippen LogP contribution in [0, 0.1) is 0 Å². The van der Waals surface area contributed by atoms with Crippen molar-refractivity contribution < 1.29 is 19.1 Å². The first-order valence-corrected chi connectivity index (χ1v) is 8.54. The largest absolute Gasteiger partial charge is 0.493 e. The molecular weight excluding hydrogens is 332 g/mol. The normalized spacial score (nSPS) is 11.3. The number of ether oxygens (including phenoxy) is 2. The number of anilines is 1. The molecule has 1 unspecified atom stereocenters. The zero-order valence-corrected chi connectivity index (χ0v) is 15.2. The van der Waals surface area contributed by atoms with Crippen LogP contribution in [0.4, 0.5) is 5.69 Å². The fraction of sp³-hybridized carbons (Fsp3) is 0.300. The van der Waals surface area contributed by atoms with Crippen molar-refractivity contribution in [1.29, 1.82) is 0 Å². The van der Waals surface area contributed by atoms with E-state index in [9.17, 15) is 9.59 Å². The van der Waals surface area contributed by atoms with E-state index in [1.54, 1.807) is 50.4 Å². The van der Waals surface area contributed by atoms with Crippen molar-refractivity contribution in [2.45, 2.75) is 26.4 Å². The van der Waals surface area contributed by atoms with E-state index in [-0.39, 0.29) is 11.8 Å². The van der Waals surface area contributed by atoms with Gasteiger partial charge >= 0.3 is 0 Å². The first-order chi connectivity index (χ1) is 12.5. The van der Waals surface area contributed by atoms with Gasteiger partial charge in [-0.2, -0.15) is 0 Å². The number of carbonyl (C=O) groups excluding carboxylic acids is 2. The van der Waals surface area contributed by atoms with E-state index in [0.29, 0.717) is 29.3 Å². The van der Waals surface area contributed by atoms with Crippen molar-refractivity contribution in [2.75, 3.05) is 19.0 Å². The molecule has 1 atom stereocenters. The maximum atomic E-state index is 12.3. The first-order valence-electron chi connectivity index (χ1n) is 8.54. The molecule has 0 heterocycles. The molecule has 0 saturated carbocycles. The molecule has 2 amide bonds. The summed E-state index contributed by atoms with van der Waals surface area (Å²) >= 11 is 0. The topological polar surface area (TPSA) is 76.7 Å². The highest BCUT2D eigenvalue weighted by Crippen LogP contribution is 2.27. The van der Waals surface area contributed by atoms with Gasteiger partial charge in [-0.15, -0.1) is 0 Å². The van der Waals surface area contributed by atoms with Crippen molar-refractivity contribution in [1.82, 2.24) is 5.32 Å². The maximum absolute atomic E-state index is 12.3. The van der Waals surface area contributed by atoms with Gasteiger partial charge < -0.3 is 20.1 Å². The van der Waals surface area contributed by atoms with Crippen LogP contribution in [0.5, 0.6) is 11.5 Å². The molecule has 0 radical (unpaired) electrons. The highest BCUT2D eigenvalue weighted by Gasteiger charge is 2.17. The molecule has 0 aliphatic rings. The van der Waals surface area contributed by atoms with Gasteiger partial charge in [0.1, 0.15) is 0 Å². The monoisotopic (exact) mass is 356 g/mol. The van der Waals surface area contributed by atoms with E-state index in [1.807, 2.05) is 19.1 Å². The molecule has 6 heteroatoms. The molecule has 0 aliphatic heterocycles. The Balaban J connectivity index is 1.95. The second kappa shape index (κ2) is 9.46. The van der Waals surface area contributed by atoms with Crippen LogP contribution in [0.3, 0.4) is 0 Å². The van der Waals surface area contributed by atoms with Crippen molar-refractivity contribution in [3.05, 3.63) is 54.1 Å². The highest BCUT2D eigenvalue weighted by molar-refractivity contribution is 5.96. The molecule has 2 N–H and O–H groups in total. The Bertz CT molecular complexity index is 744. The predicted molar refractivity (Wildman–Crippen MR) is 101 cm³/mol. The predicted octanol–water partition coefficient (Wildman–Crippen LogP) is 3.24. The van der Waals surface area contributed by atoms with E-state index in [2.05, 4.69) is 10.6 Å². The number of methoxy groups -OCH3 is 1. The number of amides is 2. The lowest BCUT2D eigenvalue weighted by Gasteiger charge is -2.16. The molecule has 2 aromatic carbocycles. The molecule has 0 bridgehead atoms. The summed E-state index contributed by atoms with van der Waals surface area (Å²) in [6.45, 7) is 4.29. The fourth-order valence-electron chi connectivity index (χ4n) is 2.25. The summed E-state index contributed by atoms with van der Waals surface area (Å²) in [4.78, 5) is 24.2. The Morgan fingerprint density at radius 1 is 1.04 bits per heavy atom. The van der Waals surface area contributed by atoms with Gasteiger partial charge in [0.25, 0.3) is 11.8 Å². The fourth-order valence-corrected chi connectivity index (χ4v) is 2.25. The van der Waals surface area contributed by atoms with Crippen LogP contribution in [0.25, 0.3) is 0 Å². The summed E-state index contributed by atoms with van der Waals surface area (Å²) in [6.07, 6.45) is 0.170.